The van der Waals surface area contributed by atoms with Gasteiger partial charge in [0.25, 0.3) is 0 Å². The predicted octanol–water partition coefficient (Wildman–Crippen LogP) is 3.28. The van der Waals surface area contributed by atoms with E-state index in [4.69, 9.17) is 11.6 Å². The average molecular weight is 280 g/mol. The number of benzene rings is 1. The average Bonchev–Trinajstić information content (AvgIpc) is 2.18. The Bertz CT molecular complexity index is 486. The zero-order chi connectivity index (χ0) is 13.9. The molecule has 0 atom stereocenters. The van der Waals surface area contributed by atoms with Crippen LogP contribution in [0.2, 0.25) is 5.02 Å². The van der Waals surface area contributed by atoms with Crippen LogP contribution in [0.3, 0.4) is 0 Å². The monoisotopic (exact) mass is 279 g/mol. The van der Waals surface area contributed by atoms with Crippen molar-refractivity contribution >= 4 is 29.0 Å². The first-order valence-corrected chi connectivity index (χ1v) is 5.24. The molecule has 0 radical (unpaired) electrons. The van der Waals surface area contributed by atoms with Gasteiger partial charge in [-0.25, -0.2) is 0 Å². The molecule has 1 rings (SSSR count). The highest BCUT2D eigenvalue weighted by molar-refractivity contribution is 6.33. The summed E-state index contributed by atoms with van der Waals surface area (Å²) < 4.78 is 37.3. The number of hydrogen-bond acceptors (Lipinski definition) is 2. The van der Waals surface area contributed by atoms with E-state index in [1.807, 2.05) is 0 Å². The van der Waals surface area contributed by atoms with Crippen LogP contribution in [0.25, 0.3) is 0 Å². The van der Waals surface area contributed by atoms with Crippen molar-refractivity contribution in [1.29, 1.82) is 0 Å². The molecule has 1 aromatic carbocycles. The van der Waals surface area contributed by atoms with Crippen molar-refractivity contribution in [1.82, 2.24) is 0 Å². The van der Waals surface area contributed by atoms with Crippen LogP contribution in [0.5, 0.6) is 0 Å². The van der Waals surface area contributed by atoms with E-state index in [2.05, 4.69) is 5.32 Å². The molecule has 0 fully saturated rings. The van der Waals surface area contributed by atoms with E-state index in [0.717, 1.165) is 18.2 Å². The number of Topliss-reactive ketones (excluding diaryl/α,β-unsaturated/α-hetero) is 1. The van der Waals surface area contributed by atoms with Crippen LogP contribution < -0.4 is 5.32 Å². The summed E-state index contributed by atoms with van der Waals surface area (Å²) >= 11 is 5.66. The molecule has 1 aromatic rings. The van der Waals surface area contributed by atoms with Gasteiger partial charge in [0.15, 0.2) is 0 Å². The SMILES string of the molecule is CC(=O)CC(=O)Nc1cc(C(F)(F)F)ccc1Cl. The minimum absolute atomic E-state index is 0.0279. The zero-order valence-corrected chi connectivity index (χ0v) is 10.0. The van der Waals surface area contributed by atoms with Crippen molar-refractivity contribution in [2.75, 3.05) is 5.32 Å². The van der Waals surface area contributed by atoms with Gasteiger partial charge in [0, 0.05) is 0 Å². The minimum Gasteiger partial charge on any atom is -0.324 e. The summed E-state index contributed by atoms with van der Waals surface area (Å²) in [7, 11) is 0. The van der Waals surface area contributed by atoms with Gasteiger partial charge in [-0.1, -0.05) is 11.6 Å². The quantitative estimate of drug-likeness (QED) is 0.863. The second kappa shape index (κ2) is 5.39. The highest BCUT2D eigenvalue weighted by atomic mass is 35.5. The van der Waals surface area contributed by atoms with Gasteiger partial charge in [0.1, 0.15) is 5.78 Å². The lowest BCUT2D eigenvalue weighted by atomic mass is 10.2. The fraction of sp³-hybridized carbons (Fsp3) is 0.273. The van der Waals surface area contributed by atoms with Crippen molar-refractivity contribution in [3.05, 3.63) is 28.8 Å². The summed E-state index contributed by atoms with van der Waals surface area (Å²) in [6.07, 6.45) is -4.93. The predicted molar refractivity (Wildman–Crippen MR) is 60.4 cm³/mol. The molecule has 0 unspecified atom stereocenters. The Labute approximate surface area is 106 Å². The van der Waals surface area contributed by atoms with Gasteiger partial charge in [-0.15, -0.1) is 0 Å². The normalized spacial score (nSPS) is 11.2. The smallest absolute Gasteiger partial charge is 0.324 e. The molecule has 1 N–H and O–H groups in total. The number of halogens is 4. The van der Waals surface area contributed by atoms with E-state index in [9.17, 15) is 22.8 Å². The summed E-state index contributed by atoms with van der Waals surface area (Å²) in [4.78, 5) is 21.9. The molecule has 18 heavy (non-hydrogen) atoms. The van der Waals surface area contributed by atoms with E-state index < -0.39 is 29.9 Å². The molecule has 0 spiro atoms. The molecule has 7 heteroatoms. The molecule has 0 heterocycles. The van der Waals surface area contributed by atoms with Crippen LogP contribution in [-0.2, 0) is 15.8 Å². The molecule has 0 aromatic heterocycles. The maximum Gasteiger partial charge on any atom is 0.416 e. The molecule has 98 valence electrons. The van der Waals surface area contributed by atoms with Gasteiger partial charge in [-0.05, 0) is 25.1 Å². The Balaban J connectivity index is 2.95. The third-order valence-electron chi connectivity index (χ3n) is 1.98. The second-order valence-electron chi connectivity index (χ2n) is 3.62. The highest BCUT2D eigenvalue weighted by Gasteiger charge is 2.31. The third-order valence-corrected chi connectivity index (χ3v) is 2.31. The van der Waals surface area contributed by atoms with Crippen molar-refractivity contribution in [3.63, 3.8) is 0 Å². The van der Waals surface area contributed by atoms with Gasteiger partial charge in [0.05, 0.1) is 22.7 Å². The lowest BCUT2D eigenvalue weighted by molar-refractivity contribution is -0.137. The van der Waals surface area contributed by atoms with E-state index in [1.54, 1.807) is 0 Å². The van der Waals surface area contributed by atoms with Gasteiger partial charge >= 0.3 is 6.18 Å². The number of ketones is 1. The fourth-order valence-electron chi connectivity index (χ4n) is 1.22. The molecule has 3 nitrogen and oxygen atoms in total. The lowest BCUT2D eigenvalue weighted by Gasteiger charge is -2.11. The van der Waals surface area contributed by atoms with E-state index >= 15 is 0 Å². The number of amides is 1. The number of hydrogen-bond donors (Lipinski definition) is 1. The van der Waals surface area contributed by atoms with E-state index in [0.29, 0.717) is 0 Å². The molecule has 0 saturated heterocycles. The number of rotatable bonds is 3. The summed E-state index contributed by atoms with van der Waals surface area (Å²) in [5.41, 5.74) is -1.09. The zero-order valence-electron chi connectivity index (χ0n) is 9.27. The Hall–Kier alpha value is -1.56. The number of anilines is 1. The molecular weight excluding hydrogens is 271 g/mol. The topological polar surface area (TPSA) is 46.2 Å². The molecule has 0 aliphatic carbocycles. The summed E-state index contributed by atoms with van der Waals surface area (Å²) in [5, 5.41) is 2.13. The number of carbonyl (C=O) groups excluding carboxylic acids is 2. The van der Waals surface area contributed by atoms with E-state index in [1.165, 1.54) is 6.92 Å². The second-order valence-corrected chi connectivity index (χ2v) is 4.03. The molecule has 0 saturated carbocycles. The summed E-state index contributed by atoms with van der Waals surface area (Å²) in [6, 6.07) is 2.57. The van der Waals surface area contributed by atoms with E-state index in [-0.39, 0.29) is 10.7 Å². The lowest BCUT2D eigenvalue weighted by Crippen LogP contribution is -2.15. The van der Waals surface area contributed by atoms with Crippen LogP contribution >= 0.6 is 11.6 Å². The Morgan fingerprint density at radius 2 is 1.94 bits per heavy atom. The fourth-order valence-corrected chi connectivity index (χ4v) is 1.38. The Kier molecular flexibility index (Phi) is 4.34. The largest absolute Gasteiger partial charge is 0.416 e. The molecular formula is C11H9ClF3NO2. The third kappa shape index (κ3) is 4.03. The van der Waals surface area contributed by atoms with Gasteiger partial charge < -0.3 is 5.32 Å². The highest BCUT2D eigenvalue weighted by Crippen LogP contribution is 2.33. The number of nitrogens with one attached hydrogen (secondary N) is 1. The van der Waals surface area contributed by atoms with Crippen LogP contribution in [0.1, 0.15) is 18.9 Å². The van der Waals surface area contributed by atoms with Crippen molar-refractivity contribution in [3.8, 4) is 0 Å². The van der Waals surface area contributed by atoms with Crippen LogP contribution in [0.4, 0.5) is 18.9 Å². The van der Waals surface area contributed by atoms with Crippen molar-refractivity contribution in [2.24, 2.45) is 0 Å². The molecule has 1 amide bonds. The standard InChI is InChI=1S/C11H9ClF3NO2/c1-6(17)4-10(18)16-9-5-7(11(13,14)15)2-3-8(9)12/h2-3,5H,4H2,1H3,(H,16,18). The van der Waals surface area contributed by atoms with Gasteiger partial charge in [-0.3, -0.25) is 9.59 Å². The van der Waals surface area contributed by atoms with Crippen LogP contribution in [-0.4, -0.2) is 11.7 Å². The Morgan fingerprint density at radius 3 is 2.44 bits per heavy atom. The van der Waals surface area contributed by atoms with Crippen LogP contribution in [0, 0.1) is 0 Å². The number of alkyl halides is 3. The first kappa shape index (κ1) is 14.5. The van der Waals surface area contributed by atoms with Gasteiger partial charge in [0.2, 0.25) is 5.91 Å². The Morgan fingerprint density at radius 1 is 1.33 bits per heavy atom. The maximum absolute atomic E-state index is 12.4. The maximum atomic E-state index is 12.4. The van der Waals surface area contributed by atoms with Crippen molar-refractivity contribution < 1.29 is 22.8 Å². The van der Waals surface area contributed by atoms with Crippen LogP contribution in [0.15, 0.2) is 18.2 Å². The minimum atomic E-state index is -4.52. The summed E-state index contributed by atoms with van der Waals surface area (Å²) in [5.74, 6) is -1.10. The summed E-state index contributed by atoms with van der Waals surface area (Å²) in [6.45, 7) is 1.20. The first-order valence-electron chi connectivity index (χ1n) is 4.86. The molecule has 0 aliphatic heterocycles. The van der Waals surface area contributed by atoms with Gasteiger partial charge in [-0.2, -0.15) is 13.2 Å². The first-order chi connectivity index (χ1) is 8.20. The molecule has 0 aliphatic rings. The van der Waals surface area contributed by atoms with Crippen molar-refractivity contribution in [2.45, 2.75) is 19.5 Å². The molecule has 0 bridgehead atoms. The number of carbonyl (C=O) groups is 2.